The predicted molar refractivity (Wildman–Crippen MR) is 128 cm³/mol. The zero-order valence-electron chi connectivity index (χ0n) is 18.7. The van der Waals surface area contributed by atoms with E-state index in [0.717, 1.165) is 11.1 Å². The number of rotatable bonds is 6. The maximum atomic E-state index is 13.2. The Hall–Kier alpha value is -4.25. The lowest BCUT2D eigenvalue weighted by molar-refractivity contribution is -0.117. The normalized spacial score (nSPS) is 13.9. The topological polar surface area (TPSA) is 123 Å². The summed E-state index contributed by atoms with van der Waals surface area (Å²) in [4.78, 5) is 30.7. The molecule has 0 radical (unpaired) electrons. The van der Waals surface area contributed by atoms with Gasteiger partial charge in [-0.25, -0.2) is 22.8 Å². The summed E-state index contributed by atoms with van der Waals surface area (Å²) in [5, 5.41) is 4.98. The summed E-state index contributed by atoms with van der Waals surface area (Å²) in [6.07, 6.45) is 4.54. The number of hydrogen-bond acceptors (Lipinski definition) is 7. The van der Waals surface area contributed by atoms with Crippen LogP contribution in [0, 0.1) is 0 Å². The number of methoxy groups -OCH3 is 1. The number of carbonyl (C=O) groups is 2. The Morgan fingerprint density at radius 1 is 1.11 bits per heavy atom. The number of aromatic nitrogens is 3. The van der Waals surface area contributed by atoms with Crippen molar-refractivity contribution < 1.29 is 22.7 Å². The highest BCUT2D eigenvalue weighted by Gasteiger charge is 2.28. The van der Waals surface area contributed by atoms with Crippen LogP contribution in [0.4, 0.5) is 5.69 Å². The standard InChI is InChI=1S/C24H21N5O5S/c1-34-21-11-8-16(28-13-3-7-23(28)30)15-22(21)35(32,33)27-24(31)19-10-9-17-18(26-19)5-2-6-20(17)29-14-4-12-25-29/h2,4-6,8-12,14-15H,3,7,13H2,1H3,(H,27,31). The van der Waals surface area contributed by atoms with Gasteiger partial charge in [0.25, 0.3) is 15.9 Å². The molecule has 1 saturated heterocycles. The highest BCUT2D eigenvalue weighted by molar-refractivity contribution is 7.90. The lowest BCUT2D eigenvalue weighted by Crippen LogP contribution is -2.32. The SMILES string of the molecule is COc1ccc(N2CCCC2=O)cc1S(=O)(=O)NC(=O)c1ccc2c(-n3cccn3)cccc2n1. The fourth-order valence-electron chi connectivity index (χ4n) is 4.07. The number of benzene rings is 2. The number of nitrogens with one attached hydrogen (secondary N) is 1. The van der Waals surface area contributed by atoms with Crippen molar-refractivity contribution in [2.45, 2.75) is 17.7 Å². The summed E-state index contributed by atoms with van der Waals surface area (Å²) < 4.78 is 35.3. The van der Waals surface area contributed by atoms with Gasteiger partial charge in [-0.1, -0.05) is 6.07 Å². The third-order valence-electron chi connectivity index (χ3n) is 5.74. The van der Waals surface area contributed by atoms with Crippen molar-refractivity contribution in [3.05, 3.63) is 72.7 Å². The fourth-order valence-corrected chi connectivity index (χ4v) is 5.22. The number of hydrogen-bond donors (Lipinski definition) is 1. The molecule has 178 valence electrons. The van der Waals surface area contributed by atoms with E-state index in [2.05, 4.69) is 14.8 Å². The summed E-state index contributed by atoms with van der Waals surface area (Å²) >= 11 is 0. The second-order valence-electron chi connectivity index (χ2n) is 7.91. The van der Waals surface area contributed by atoms with Crippen molar-refractivity contribution in [1.29, 1.82) is 0 Å². The average Bonchev–Trinajstić information content (AvgIpc) is 3.54. The number of ether oxygens (including phenoxy) is 1. The molecular formula is C24H21N5O5S. The number of nitrogens with zero attached hydrogens (tertiary/aromatic N) is 4. The summed E-state index contributed by atoms with van der Waals surface area (Å²) in [5.41, 5.74) is 1.65. The molecule has 35 heavy (non-hydrogen) atoms. The van der Waals surface area contributed by atoms with E-state index in [9.17, 15) is 18.0 Å². The second kappa shape index (κ2) is 8.84. The molecule has 2 aromatic carbocycles. The van der Waals surface area contributed by atoms with E-state index >= 15 is 0 Å². The Balaban J connectivity index is 1.46. The number of anilines is 1. The van der Waals surface area contributed by atoms with Crippen molar-refractivity contribution in [3.8, 4) is 11.4 Å². The number of pyridine rings is 1. The molecule has 0 bridgehead atoms. The number of amides is 2. The van der Waals surface area contributed by atoms with E-state index in [4.69, 9.17) is 4.74 Å². The summed E-state index contributed by atoms with van der Waals surface area (Å²) in [5.74, 6) is -0.922. The van der Waals surface area contributed by atoms with Crippen LogP contribution in [0.15, 0.2) is 71.9 Å². The summed E-state index contributed by atoms with van der Waals surface area (Å²) in [6, 6.07) is 14.7. The van der Waals surface area contributed by atoms with Crippen LogP contribution in [0.1, 0.15) is 23.3 Å². The third kappa shape index (κ3) is 4.21. The molecule has 1 fully saturated rings. The summed E-state index contributed by atoms with van der Waals surface area (Å²) in [6.45, 7) is 0.499. The Bertz CT molecular complexity index is 1550. The molecule has 1 N–H and O–H groups in total. The van der Waals surface area contributed by atoms with Crippen LogP contribution < -0.4 is 14.4 Å². The molecule has 4 aromatic rings. The molecule has 1 aliphatic rings. The quantitative estimate of drug-likeness (QED) is 0.440. The minimum Gasteiger partial charge on any atom is -0.495 e. The minimum absolute atomic E-state index is 0.0519. The van der Waals surface area contributed by atoms with Crippen molar-refractivity contribution in [2.75, 3.05) is 18.6 Å². The van der Waals surface area contributed by atoms with Crippen LogP contribution >= 0.6 is 0 Å². The molecule has 11 heteroatoms. The Labute approximate surface area is 201 Å². The van der Waals surface area contributed by atoms with Crippen LogP contribution in [0.5, 0.6) is 5.75 Å². The van der Waals surface area contributed by atoms with Crippen molar-refractivity contribution in [2.24, 2.45) is 0 Å². The minimum atomic E-state index is -4.33. The van der Waals surface area contributed by atoms with Gasteiger partial charge in [0.15, 0.2) is 0 Å². The van der Waals surface area contributed by atoms with E-state index in [1.54, 1.807) is 47.4 Å². The molecule has 0 saturated carbocycles. The van der Waals surface area contributed by atoms with Gasteiger partial charge in [0.05, 0.1) is 18.3 Å². The number of sulfonamides is 1. The Morgan fingerprint density at radius 3 is 2.69 bits per heavy atom. The van der Waals surface area contributed by atoms with Crippen molar-refractivity contribution in [3.63, 3.8) is 0 Å². The molecule has 0 unspecified atom stereocenters. The van der Waals surface area contributed by atoms with Crippen molar-refractivity contribution >= 4 is 38.4 Å². The van der Waals surface area contributed by atoms with Crippen LogP contribution in [0.25, 0.3) is 16.6 Å². The maximum Gasteiger partial charge on any atom is 0.283 e. The molecule has 0 aliphatic carbocycles. The van der Waals surface area contributed by atoms with Gasteiger partial charge in [0.2, 0.25) is 5.91 Å². The maximum absolute atomic E-state index is 13.2. The predicted octanol–water partition coefficient (Wildman–Crippen LogP) is 2.67. The van der Waals surface area contributed by atoms with E-state index in [-0.39, 0.29) is 22.2 Å². The first kappa shape index (κ1) is 22.5. The van der Waals surface area contributed by atoms with Gasteiger partial charge >= 0.3 is 0 Å². The molecule has 5 rings (SSSR count). The molecule has 10 nitrogen and oxygen atoms in total. The molecular weight excluding hydrogens is 470 g/mol. The van der Waals surface area contributed by atoms with Crippen LogP contribution in [0.2, 0.25) is 0 Å². The molecule has 2 aromatic heterocycles. The van der Waals surface area contributed by atoms with Crippen LogP contribution in [0.3, 0.4) is 0 Å². The van der Waals surface area contributed by atoms with Gasteiger partial charge in [-0.3, -0.25) is 9.59 Å². The lowest BCUT2D eigenvalue weighted by Gasteiger charge is -2.18. The number of carbonyl (C=O) groups excluding carboxylic acids is 2. The highest BCUT2D eigenvalue weighted by Crippen LogP contribution is 2.31. The van der Waals surface area contributed by atoms with Gasteiger partial charge < -0.3 is 9.64 Å². The fraction of sp³-hybridized carbons (Fsp3) is 0.167. The van der Waals surface area contributed by atoms with Gasteiger partial charge in [-0.05, 0) is 55.0 Å². The van der Waals surface area contributed by atoms with Crippen LogP contribution in [-0.2, 0) is 14.8 Å². The molecule has 0 spiro atoms. The van der Waals surface area contributed by atoms with Crippen molar-refractivity contribution in [1.82, 2.24) is 19.5 Å². The largest absolute Gasteiger partial charge is 0.495 e. The smallest absolute Gasteiger partial charge is 0.283 e. The van der Waals surface area contributed by atoms with Gasteiger partial charge in [0.1, 0.15) is 16.3 Å². The zero-order valence-corrected chi connectivity index (χ0v) is 19.5. The average molecular weight is 492 g/mol. The first-order valence-electron chi connectivity index (χ1n) is 10.8. The first-order valence-corrected chi connectivity index (χ1v) is 12.3. The van der Waals surface area contributed by atoms with Gasteiger partial charge in [-0.15, -0.1) is 0 Å². The molecule has 2 amide bonds. The van der Waals surface area contributed by atoms with E-state index in [1.807, 2.05) is 6.07 Å². The molecule has 3 heterocycles. The van der Waals surface area contributed by atoms with Gasteiger partial charge in [-0.2, -0.15) is 5.10 Å². The lowest BCUT2D eigenvalue weighted by atomic mass is 10.1. The van der Waals surface area contributed by atoms with E-state index < -0.39 is 15.9 Å². The second-order valence-corrected chi connectivity index (χ2v) is 9.56. The zero-order chi connectivity index (χ0) is 24.6. The van der Waals surface area contributed by atoms with E-state index in [0.29, 0.717) is 30.6 Å². The highest BCUT2D eigenvalue weighted by atomic mass is 32.2. The Morgan fingerprint density at radius 2 is 1.97 bits per heavy atom. The molecule has 0 atom stereocenters. The monoisotopic (exact) mass is 491 g/mol. The van der Waals surface area contributed by atoms with E-state index in [1.165, 1.54) is 30.2 Å². The third-order valence-corrected chi connectivity index (χ3v) is 7.09. The first-order chi connectivity index (χ1) is 16.9. The van der Waals surface area contributed by atoms with Gasteiger partial charge in [0, 0.05) is 36.4 Å². The summed E-state index contributed by atoms with van der Waals surface area (Å²) in [7, 11) is -3.00. The van der Waals surface area contributed by atoms with Crippen LogP contribution in [-0.4, -0.2) is 48.7 Å². The molecule has 1 aliphatic heterocycles. The Kier molecular flexibility index (Phi) is 5.69. The number of fused-ring (bicyclic) bond motifs is 1.